The minimum absolute atomic E-state index is 0.0557. The summed E-state index contributed by atoms with van der Waals surface area (Å²) in [6, 6.07) is 8.17. The maximum Gasteiger partial charge on any atom is 0.247 e. The van der Waals surface area contributed by atoms with Gasteiger partial charge in [0, 0.05) is 36.2 Å². The fourth-order valence-electron chi connectivity index (χ4n) is 4.88. The number of benzene rings is 2. The standard InChI is InChI=1S/C28H29F5N6O.CH2O/c1-35-12-10-28(27(40)37-17-38(28)25-8-7-19(29)13-21(25)30)9-3-2-6-24(18-5-4-11-36-16-18)39(34)20-14-22(31)26(33)23(32)15-20;1-2/h4-8,11,13-16,35H,2-3,9-10,12,17,34H2,1H3,(H,37,40);1H2/b24-6-;. The topological polar surface area (TPSA) is 104 Å². The van der Waals surface area contributed by atoms with Gasteiger partial charge in [-0.05, 0) is 63.5 Å². The number of anilines is 2. The SMILES string of the molecule is C=O.CNCCC1(CCC/C=C(/c2cccnc2)N(N)c2cc(F)c(F)c(F)c2)C(=O)NCN1c1ccc(F)cc1F. The molecule has 0 aliphatic carbocycles. The highest BCUT2D eigenvalue weighted by Crippen LogP contribution is 2.36. The van der Waals surface area contributed by atoms with Gasteiger partial charge in [-0.15, -0.1) is 0 Å². The van der Waals surface area contributed by atoms with E-state index in [0.29, 0.717) is 43.5 Å². The van der Waals surface area contributed by atoms with E-state index in [-0.39, 0.29) is 24.0 Å². The molecule has 1 unspecified atom stereocenters. The highest BCUT2D eigenvalue weighted by molar-refractivity contribution is 5.93. The third-order valence-corrected chi connectivity index (χ3v) is 6.92. The van der Waals surface area contributed by atoms with Crippen LogP contribution in [0.3, 0.4) is 0 Å². The van der Waals surface area contributed by atoms with E-state index in [1.165, 1.54) is 12.3 Å². The molecule has 1 atom stereocenters. The Balaban J connectivity index is 0.00000237. The molecule has 1 fully saturated rings. The van der Waals surface area contributed by atoms with Gasteiger partial charge in [0.25, 0.3) is 0 Å². The molecule has 1 aliphatic rings. The van der Waals surface area contributed by atoms with Crippen molar-refractivity contribution in [3.8, 4) is 0 Å². The highest BCUT2D eigenvalue weighted by atomic mass is 19.2. The Morgan fingerprint density at radius 1 is 1.12 bits per heavy atom. The summed E-state index contributed by atoms with van der Waals surface area (Å²) >= 11 is 0. The molecule has 13 heteroatoms. The van der Waals surface area contributed by atoms with Crippen LogP contribution in [-0.2, 0) is 9.59 Å². The smallest absolute Gasteiger partial charge is 0.247 e. The van der Waals surface area contributed by atoms with Gasteiger partial charge in [0.2, 0.25) is 5.91 Å². The fraction of sp³-hybridized carbons (Fsp3) is 0.276. The lowest BCUT2D eigenvalue weighted by molar-refractivity contribution is -0.124. The average Bonchev–Trinajstić information content (AvgIpc) is 3.31. The Hall–Kier alpha value is -4.36. The number of allylic oxidation sites excluding steroid dienone is 1. The molecule has 2 aromatic carbocycles. The van der Waals surface area contributed by atoms with Crippen LogP contribution in [0.15, 0.2) is 60.9 Å². The van der Waals surface area contributed by atoms with E-state index in [0.717, 1.165) is 29.3 Å². The first-order valence-electron chi connectivity index (χ1n) is 12.9. The predicted molar refractivity (Wildman–Crippen MR) is 149 cm³/mol. The van der Waals surface area contributed by atoms with E-state index in [9.17, 15) is 26.7 Å². The molecular weight excluding hydrogens is 559 g/mol. The van der Waals surface area contributed by atoms with E-state index in [2.05, 4.69) is 15.6 Å². The largest absolute Gasteiger partial charge is 0.337 e. The Morgan fingerprint density at radius 3 is 2.45 bits per heavy atom. The third-order valence-electron chi connectivity index (χ3n) is 6.92. The maximum atomic E-state index is 14.8. The number of nitrogens with one attached hydrogen (secondary N) is 2. The number of carbonyl (C=O) groups excluding carboxylic acids is 2. The number of nitrogens with two attached hydrogens (primary N) is 1. The normalized spacial score (nSPS) is 16.6. The number of rotatable bonds is 11. The summed E-state index contributed by atoms with van der Waals surface area (Å²) in [6.45, 7) is 2.52. The van der Waals surface area contributed by atoms with Gasteiger partial charge in [0.05, 0.1) is 23.7 Å². The van der Waals surface area contributed by atoms with Gasteiger partial charge in [0.15, 0.2) is 17.5 Å². The maximum absolute atomic E-state index is 14.8. The summed E-state index contributed by atoms with van der Waals surface area (Å²) in [5.41, 5.74) is -0.245. The monoisotopic (exact) mass is 590 g/mol. The third kappa shape index (κ3) is 6.92. The zero-order chi connectivity index (χ0) is 30.9. The van der Waals surface area contributed by atoms with E-state index < -0.39 is 34.6 Å². The van der Waals surface area contributed by atoms with Gasteiger partial charge in [0.1, 0.15) is 24.0 Å². The number of aromatic nitrogens is 1. The number of halogens is 5. The number of hydrogen-bond acceptors (Lipinski definition) is 7. The van der Waals surface area contributed by atoms with Gasteiger partial charge in [-0.2, -0.15) is 0 Å². The van der Waals surface area contributed by atoms with Crippen LogP contribution in [0, 0.1) is 29.1 Å². The molecule has 8 nitrogen and oxygen atoms in total. The van der Waals surface area contributed by atoms with Crippen LogP contribution in [-0.4, -0.2) is 43.5 Å². The minimum atomic E-state index is -1.60. The van der Waals surface area contributed by atoms with Crippen LogP contribution in [0.5, 0.6) is 0 Å². The van der Waals surface area contributed by atoms with Gasteiger partial charge in [-0.25, -0.2) is 27.8 Å². The van der Waals surface area contributed by atoms with Gasteiger partial charge in [-0.3, -0.25) is 14.8 Å². The first kappa shape index (κ1) is 32.2. The van der Waals surface area contributed by atoms with Crippen molar-refractivity contribution in [1.29, 1.82) is 0 Å². The molecule has 224 valence electrons. The first-order valence-corrected chi connectivity index (χ1v) is 12.9. The van der Waals surface area contributed by atoms with Crippen molar-refractivity contribution in [2.45, 2.75) is 31.2 Å². The summed E-state index contributed by atoms with van der Waals surface area (Å²) in [5.74, 6) is 0.0816. The van der Waals surface area contributed by atoms with Crippen LogP contribution >= 0.6 is 0 Å². The quantitative estimate of drug-likeness (QED) is 0.0999. The van der Waals surface area contributed by atoms with Crippen LogP contribution in [0.1, 0.15) is 31.2 Å². The van der Waals surface area contributed by atoms with Gasteiger partial charge in [-0.1, -0.05) is 6.08 Å². The molecule has 1 aromatic heterocycles. The molecule has 0 bridgehead atoms. The second-order valence-corrected chi connectivity index (χ2v) is 9.39. The summed E-state index contributed by atoms with van der Waals surface area (Å²) in [5, 5.41) is 6.84. The summed E-state index contributed by atoms with van der Waals surface area (Å²) in [6.07, 6.45) is 6.23. The lowest BCUT2D eigenvalue weighted by Crippen LogP contribution is -2.51. The molecule has 1 amide bonds. The molecule has 1 saturated heterocycles. The number of carbonyl (C=O) groups is 2. The average molecular weight is 591 g/mol. The molecule has 4 rings (SSSR count). The summed E-state index contributed by atoms with van der Waals surface area (Å²) in [7, 11) is 1.74. The van der Waals surface area contributed by atoms with Crippen LogP contribution in [0.2, 0.25) is 0 Å². The van der Waals surface area contributed by atoms with Crippen LogP contribution in [0.4, 0.5) is 33.3 Å². The molecule has 1 aliphatic heterocycles. The van der Waals surface area contributed by atoms with Crippen molar-refractivity contribution >= 4 is 29.8 Å². The highest BCUT2D eigenvalue weighted by Gasteiger charge is 2.48. The van der Waals surface area contributed by atoms with Gasteiger partial charge < -0.3 is 20.3 Å². The van der Waals surface area contributed by atoms with Crippen molar-refractivity contribution in [3.05, 3.63) is 95.6 Å². The van der Waals surface area contributed by atoms with Crippen molar-refractivity contribution in [1.82, 2.24) is 15.6 Å². The summed E-state index contributed by atoms with van der Waals surface area (Å²) in [4.78, 5) is 26.9. The molecule has 0 radical (unpaired) electrons. The Morgan fingerprint density at radius 2 is 1.83 bits per heavy atom. The number of nitrogens with zero attached hydrogens (tertiary/aromatic N) is 3. The van der Waals surface area contributed by atoms with E-state index in [1.807, 2.05) is 6.79 Å². The first-order chi connectivity index (χ1) is 20.2. The molecule has 2 heterocycles. The minimum Gasteiger partial charge on any atom is -0.337 e. The Labute approximate surface area is 240 Å². The molecular formula is C29H31F5N6O2. The number of pyridine rings is 1. The number of hydrogen-bond donors (Lipinski definition) is 3. The second kappa shape index (κ2) is 14.5. The number of hydrazine groups is 1. The molecule has 0 spiro atoms. The lowest BCUT2D eigenvalue weighted by Gasteiger charge is -2.37. The van der Waals surface area contributed by atoms with Gasteiger partial charge >= 0.3 is 0 Å². The van der Waals surface area contributed by atoms with E-state index in [1.54, 1.807) is 36.4 Å². The van der Waals surface area contributed by atoms with E-state index in [4.69, 9.17) is 10.6 Å². The fourth-order valence-corrected chi connectivity index (χ4v) is 4.88. The van der Waals surface area contributed by atoms with Crippen molar-refractivity contribution in [2.75, 3.05) is 30.2 Å². The number of amides is 1. The van der Waals surface area contributed by atoms with Crippen molar-refractivity contribution < 1.29 is 31.5 Å². The van der Waals surface area contributed by atoms with Crippen molar-refractivity contribution in [3.63, 3.8) is 0 Å². The second-order valence-electron chi connectivity index (χ2n) is 9.39. The lowest BCUT2D eigenvalue weighted by atomic mass is 9.86. The molecule has 3 aromatic rings. The molecule has 0 saturated carbocycles. The number of unbranched alkanes of at least 4 members (excludes halogenated alkanes) is 1. The van der Waals surface area contributed by atoms with Crippen molar-refractivity contribution in [2.24, 2.45) is 5.84 Å². The Bertz CT molecular complexity index is 1390. The molecule has 42 heavy (non-hydrogen) atoms. The van der Waals surface area contributed by atoms with Crippen LogP contribution < -0.4 is 26.4 Å². The zero-order valence-corrected chi connectivity index (χ0v) is 22.8. The zero-order valence-electron chi connectivity index (χ0n) is 22.8. The Kier molecular flexibility index (Phi) is 11.1. The molecule has 4 N–H and O–H groups in total. The summed E-state index contributed by atoms with van der Waals surface area (Å²) < 4.78 is 69.7. The van der Waals surface area contributed by atoms with E-state index >= 15 is 0 Å². The van der Waals surface area contributed by atoms with Crippen LogP contribution in [0.25, 0.3) is 5.70 Å². The predicted octanol–water partition coefficient (Wildman–Crippen LogP) is 4.43.